The Labute approximate surface area is 202 Å². The van der Waals surface area contributed by atoms with E-state index in [1.54, 1.807) is 42.5 Å². The fourth-order valence-corrected chi connectivity index (χ4v) is 5.19. The number of phenols is 1. The van der Waals surface area contributed by atoms with Crippen molar-refractivity contribution in [3.63, 3.8) is 0 Å². The number of nitrogens with zero attached hydrogens (tertiary/aromatic N) is 2. The third-order valence-corrected chi connectivity index (χ3v) is 7.08. The molecule has 1 amide bonds. The van der Waals surface area contributed by atoms with Crippen molar-refractivity contribution in [3.8, 4) is 16.9 Å². The first kappa shape index (κ1) is 22.2. The number of likely N-dealkylation sites (tertiary alicyclic amines) is 1. The first-order valence-electron chi connectivity index (χ1n) is 11.4. The van der Waals surface area contributed by atoms with Gasteiger partial charge in [-0.15, -0.1) is 0 Å². The van der Waals surface area contributed by atoms with E-state index in [1.807, 2.05) is 36.4 Å². The Kier molecular flexibility index (Phi) is 6.32. The Bertz CT molecular complexity index is 1310. The summed E-state index contributed by atoms with van der Waals surface area (Å²) in [5.74, 6) is -0.476. The van der Waals surface area contributed by atoms with Gasteiger partial charge in [-0.25, -0.2) is 0 Å². The predicted molar refractivity (Wildman–Crippen MR) is 137 cm³/mol. The van der Waals surface area contributed by atoms with Gasteiger partial charge in [0.25, 0.3) is 5.91 Å². The molecule has 0 aliphatic carbocycles. The summed E-state index contributed by atoms with van der Waals surface area (Å²) in [6.45, 7) is 1.90. The highest BCUT2D eigenvalue weighted by molar-refractivity contribution is 8.18. The van der Waals surface area contributed by atoms with Crippen LogP contribution in [0, 0.1) is 0 Å². The minimum atomic E-state index is -0.228. The number of piperidine rings is 1. The van der Waals surface area contributed by atoms with E-state index >= 15 is 0 Å². The summed E-state index contributed by atoms with van der Waals surface area (Å²) >= 11 is 1.44. The summed E-state index contributed by atoms with van der Waals surface area (Å²) in [6, 6.07) is 21.8. The van der Waals surface area contributed by atoms with E-state index < -0.39 is 0 Å². The van der Waals surface area contributed by atoms with Crippen LogP contribution in [0.2, 0.25) is 0 Å². The zero-order chi connectivity index (χ0) is 23.5. The molecule has 1 N–H and O–H groups in total. The van der Waals surface area contributed by atoms with E-state index in [0.717, 1.165) is 47.8 Å². The number of carbonyl (C=O) groups is 2. The number of phenolic OH excluding ortho intramolecular Hbond substituents is 1. The van der Waals surface area contributed by atoms with Gasteiger partial charge in [-0.05, 0) is 72.0 Å². The zero-order valence-electron chi connectivity index (χ0n) is 18.6. The molecule has 2 aliphatic rings. The fourth-order valence-electron chi connectivity index (χ4n) is 4.22. The van der Waals surface area contributed by atoms with Crippen molar-refractivity contribution >= 4 is 34.7 Å². The van der Waals surface area contributed by atoms with Crippen LogP contribution in [0.3, 0.4) is 0 Å². The van der Waals surface area contributed by atoms with Crippen LogP contribution in [-0.4, -0.2) is 40.0 Å². The lowest BCUT2D eigenvalue weighted by molar-refractivity contribution is -0.113. The number of carbonyl (C=O) groups excluding carboxylic acids is 2. The molecule has 34 heavy (non-hydrogen) atoms. The van der Waals surface area contributed by atoms with Crippen LogP contribution >= 0.6 is 11.8 Å². The first-order valence-corrected chi connectivity index (χ1v) is 12.2. The number of ketones is 1. The molecular weight excluding hydrogens is 444 g/mol. The van der Waals surface area contributed by atoms with E-state index in [0.29, 0.717) is 10.5 Å². The van der Waals surface area contributed by atoms with E-state index in [1.165, 1.54) is 18.2 Å². The zero-order valence-corrected chi connectivity index (χ0v) is 19.4. The van der Waals surface area contributed by atoms with Crippen molar-refractivity contribution in [2.75, 3.05) is 13.1 Å². The van der Waals surface area contributed by atoms with Crippen LogP contribution in [0.15, 0.2) is 82.7 Å². The highest BCUT2D eigenvalue weighted by Crippen LogP contribution is 2.33. The average molecular weight is 469 g/mol. The Hall–Kier alpha value is -3.64. The van der Waals surface area contributed by atoms with Crippen LogP contribution < -0.4 is 0 Å². The molecule has 6 heteroatoms. The van der Waals surface area contributed by atoms with E-state index in [9.17, 15) is 14.7 Å². The molecule has 1 fully saturated rings. The quantitative estimate of drug-likeness (QED) is 0.390. The lowest BCUT2D eigenvalue weighted by Crippen LogP contribution is -2.33. The van der Waals surface area contributed by atoms with Crippen LogP contribution in [0.4, 0.5) is 0 Å². The van der Waals surface area contributed by atoms with Crippen molar-refractivity contribution in [1.82, 2.24) is 4.90 Å². The molecule has 170 valence electrons. The smallest absolute Gasteiger partial charge is 0.286 e. The summed E-state index contributed by atoms with van der Waals surface area (Å²) in [6.07, 6.45) is 5.37. The summed E-state index contributed by atoms with van der Waals surface area (Å²) < 4.78 is 0. The van der Waals surface area contributed by atoms with E-state index in [2.05, 4.69) is 9.89 Å². The maximum absolute atomic E-state index is 12.9. The number of thioether (sulfide) groups is 1. The Balaban J connectivity index is 1.40. The molecule has 0 radical (unpaired) electrons. The summed E-state index contributed by atoms with van der Waals surface area (Å²) in [5.41, 5.74) is 3.37. The molecule has 3 aromatic carbocycles. The summed E-state index contributed by atoms with van der Waals surface area (Å²) in [4.78, 5) is 32.5. The molecule has 5 nitrogen and oxygen atoms in total. The van der Waals surface area contributed by atoms with E-state index in [-0.39, 0.29) is 23.0 Å². The number of hydrogen-bond donors (Lipinski definition) is 1. The van der Waals surface area contributed by atoms with Crippen molar-refractivity contribution in [1.29, 1.82) is 0 Å². The van der Waals surface area contributed by atoms with Gasteiger partial charge < -0.3 is 10.0 Å². The molecule has 0 spiro atoms. The second-order valence-corrected chi connectivity index (χ2v) is 9.42. The lowest BCUT2D eigenvalue weighted by Gasteiger charge is -2.27. The third kappa shape index (κ3) is 4.68. The van der Waals surface area contributed by atoms with Gasteiger partial charge in [-0.1, -0.05) is 54.6 Å². The molecule has 3 aromatic rings. The van der Waals surface area contributed by atoms with Gasteiger partial charge in [0.15, 0.2) is 11.0 Å². The highest BCUT2D eigenvalue weighted by atomic mass is 32.2. The fraction of sp³-hybridized carbons (Fsp3) is 0.179. The van der Waals surface area contributed by atoms with Crippen molar-refractivity contribution in [2.24, 2.45) is 4.99 Å². The van der Waals surface area contributed by atoms with Crippen molar-refractivity contribution in [2.45, 2.75) is 19.3 Å². The topological polar surface area (TPSA) is 70.0 Å². The monoisotopic (exact) mass is 468 g/mol. The number of benzene rings is 3. The summed E-state index contributed by atoms with van der Waals surface area (Å²) in [7, 11) is 0. The van der Waals surface area contributed by atoms with Gasteiger partial charge in [0, 0.05) is 18.7 Å². The van der Waals surface area contributed by atoms with Gasteiger partial charge in [0.2, 0.25) is 0 Å². The number of rotatable bonds is 4. The van der Waals surface area contributed by atoms with Crippen molar-refractivity contribution < 1.29 is 14.7 Å². The third-order valence-electron chi connectivity index (χ3n) is 6.03. The number of amides is 1. The molecule has 5 rings (SSSR count). The minimum Gasteiger partial charge on any atom is -0.507 e. The van der Waals surface area contributed by atoms with Crippen LogP contribution in [-0.2, 0) is 4.79 Å². The van der Waals surface area contributed by atoms with Gasteiger partial charge in [0.05, 0.1) is 10.5 Å². The first-order chi connectivity index (χ1) is 16.6. The maximum Gasteiger partial charge on any atom is 0.286 e. The Morgan fingerprint density at radius 3 is 2.47 bits per heavy atom. The van der Waals surface area contributed by atoms with Gasteiger partial charge in [0.1, 0.15) is 5.75 Å². The van der Waals surface area contributed by atoms with Gasteiger partial charge in [-0.3, -0.25) is 9.59 Å². The lowest BCUT2D eigenvalue weighted by atomic mass is 9.96. The number of aliphatic imine (C=N–C) groups is 1. The molecule has 0 atom stereocenters. The van der Waals surface area contributed by atoms with Crippen LogP contribution in [0.25, 0.3) is 17.2 Å². The summed E-state index contributed by atoms with van der Waals surface area (Å²) in [5, 5.41) is 11.1. The van der Waals surface area contributed by atoms with Crippen LogP contribution in [0.1, 0.15) is 40.7 Å². The molecular formula is C28H24N2O3S. The Morgan fingerprint density at radius 2 is 1.68 bits per heavy atom. The van der Waals surface area contributed by atoms with Crippen LogP contribution in [0.5, 0.6) is 5.75 Å². The predicted octanol–water partition coefficient (Wildman–Crippen LogP) is 5.75. The molecule has 1 saturated heterocycles. The second kappa shape index (κ2) is 9.69. The molecule has 0 unspecified atom stereocenters. The minimum absolute atomic E-state index is 0.0498. The number of amidine groups is 1. The van der Waals surface area contributed by atoms with E-state index in [4.69, 9.17) is 0 Å². The standard InChI is InChI=1S/C28H24N2O3S/c31-24-13-12-22(18-23(24)26(32)20-9-3-1-4-10-20)21-11-7-8-19(16-21)17-25-27(33)29-28(34-25)30-14-5-2-6-15-30/h1,3-4,7-13,16-18,31H,2,5-6,14-15H2/b25-17-. The highest BCUT2D eigenvalue weighted by Gasteiger charge is 2.27. The Morgan fingerprint density at radius 1 is 0.912 bits per heavy atom. The molecule has 0 aromatic heterocycles. The molecule has 2 heterocycles. The molecule has 0 saturated carbocycles. The maximum atomic E-state index is 12.9. The number of hydrogen-bond acceptors (Lipinski definition) is 5. The van der Waals surface area contributed by atoms with Gasteiger partial charge >= 0.3 is 0 Å². The SMILES string of the molecule is O=C1N=C(N2CCCCC2)S/C1=C\c1cccc(-c2ccc(O)c(C(=O)c3ccccc3)c2)c1. The van der Waals surface area contributed by atoms with Gasteiger partial charge in [-0.2, -0.15) is 4.99 Å². The molecule has 2 aliphatic heterocycles. The second-order valence-electron chi connectivity index (χ2n) is 8.41. The largest absolute Gasteiger partial charge is 0.507 e. The normalized spacial score (nSPS) is 17.2. The van der Waals surface area contributed by atoms with Crippen molar-refractivity contribution in [3.05, 3.63) is 94.4 Å². The number of aromatic hydroxyl groups is 1. The molecule has 0 bridgehead atoms. The average Bonchev–Trinajstić information content (AvgIpc) is 3.25.